The highest BCUT2D eigenvalue weighted by molar-refractivity contribution is 5.81. The van der Waals surface area contributed by atoms with Gasteiger partial charge in [-0.3, -0.25) is 9.36 Å². The molecule has 0 amide bonds. The monoisotopic (exact) mass is 471 g/mol. The average Bonchev–Trinajstić information content (AvgIpc) is 3.26. The van der Waals surface area contributed by atoms with Crippen LogP contribution in [0.2, 0.25) is 0 Å². The minimum Gasteiger partial charge on any atom is -0.481 e. The smallest absolute Gasteiger partial charge is 0.303 e. The number of nitrogens with zero attached hydrogens (tertiary/aromatic N) is 2. The van der Waals surface area contributed by atoms with Crippen molar-refractivity contribution in [3.8, 4) is 34.2 Å². The molecule has 0 spiro atoms. The zero-order valence-corrected chi connectivity index (χ0v) is 20.0. The third-order valence-electron chi connectivity index (χ3n) is 5.72. The summed E-state index contributed by atoms with van der Waals surface area (Å²) in [5.74, 6) is -0.723. The Kier molecular flexibility index (Phi) is 9.63. The Hall–Kier alpha value is -3.90. The Labute approximate surface area is 206 Å². The number of ether oxygens (including phenoxy) is 1. The molecule has 0 bridgehead atoms. The van der Waals surface area contributed by atoms with Crippen molar-refractivity contribution in [1.82, 2.24) is 15.7 Å². The second-order valence-corrected chi connectivity index (χ2v) is 8.25. The first-order chi connectivity index (χ1) is 16.7. The van der Waals surface area contributed by atoms with E-state index in [0.717, 1.165) is 60.3 Å². The second kappa shape index (κ2) is 13.1. The summed E-state index contributed by atoms with van der Waals surface area (Å²) in [5, 5.41) is 8.76. The molecule has 6 heteroatoms. The van der Waals surface area contributed by atoms with Gasteiger partial charge in [-0.25, -0.2) is 0 Å². The van der Waals surface area contributed by atoms with Crippen molar-refractivity contribution < 1.29 is 14.6 Å². The number of aromatic nitrogens is 2. The number of aliphatic carboxylic acids is 1. The number of unbranched alkanes of at least 4 members (excludes halogenated alkanes) is 4. The minimum atomic E-state index is -0.723. The van der Waals surface area contributed by atoms with E-state index in [9.17, 15) is 4.79 Å². The van der Waals surface area contributed by atoms with E-state index in [0.29, 0.717) is 12.6 Å². The lowest BCUT2D eigenvalue weighted by molar-refractivity contribution is -0.137. The van der Waals surface area contributed by atoms with Gasteiger partial charge in [-0.1, -0.05) is 98.1 Å². The highest BCUT2D eigenvalue weighted by Crippen LogP contribution is 2.37. The molecule has 182 valence electrons. The largest absolute Gasteiger partial charge is 0.481 e. The topological polar surface area (TPSA) is 99.3 Å². The normalized spacial score (nSPS) is 10.5. The van der Waals surface area contributed by atoms with Crippen LogP contribution in [0.15, 0.2) is 91.0 Å². The summed E-state index contributed by atoms with van der Waals surface area (Å²) in [6, 6.07) is 31.3. The molecule has 6 nitrogen and oxygen atoms in total. The first-order valence-corrected chi connectivity index (χ1v) is 11.9. The second-order valence-electron chi connectivity index (χ2n) is 8.25. The average molecular weight is 472 g/mol. The van der Waals surface area contributed by atoms with Gasteiger partial charge in [0.25, 0.3) is 0 Å². The van der Waals surface area contributed by atoms with Crippen LogP contribution in [0.25, 0.3) is 28.2 Å². The fourth-order valence-electron chi connectivity index (χ4n) is 4.04. The molecule has 35 heavy (non-hydrogen) atoms. The number of carboxylic acids is 1. The first kappa shape index (κ1) is 25.7. The maximum atomic E-state index is 10.6. The molecule has 0 radical (unpaired) electrons. The summed E-state index contributed by atoms with van der Waals surface area (Å²) < 4.78 is 8.36. The van der Waals surface area contributed by atoms with Gasteiger partial charge in [-0.15, -0.1) is 0 Å². The van der Waals surface area contributed by atoms with Gasteiger partial charge in [0.2, 0.25) is 0 Å². The number of hydrogen-bond acceptors (Lipinski definition) is 4. The minimum absolute atomic E-state index is 0. The number of carbonyl (C=O) groups is 1. The molecule has 1 heterocycles. The number of rotatable bonds is 12. The Bertz CT molecular complexity index is 1180. The molecule has 4 rings (SSSR count). The predicted octanol–water partition coefficient (Wildman–Crippen LogP) is 7.17. The van der Waals surface area contributed by atoms with Crippen LogP contribution >= 0.6 is 0 Å². The summed E-state index contributed by atoms with van der Waals surface area (Å²) >= 11 is 0. The van der Waals surface area contributed by atoms with Crippen LogP contribution in [0.1, 0.15) is 38.5 Å². The van der Waals surface area contributed by atoms with E-state index >= 15 is 0 Å². The van der Waals surface area contributed by atoms with Crippen molar-refractivity contribution in [2.24, 2.45) is 0 Å². The van der Waals surface area contributed by atoms with Crippen LogP contribution in [0.5, 0.6) is 6.01 Å². The molecule has 4 N–H and O–H groups in total. The van der Waals surface area contributed by atoms with Crippen molar-refractivity contribution in [3.63, 3.8) is 0 Å². The number of imidazole rings is 1. The van der Waals surface area contributed by atoms with E-state index in [2.05, 4.69) is 41.0 Å². The summed E-state index contributed by atoms with van der Waals surface area (Å²) in [5.41, 5.74) is 5.01. The Balaban J connectivity index is 0.00000342. The zero-order chi connectivity index (χ0) is 23.6. The number of para-hydroxylation sites is 1. The third-order valence-corrected chi connectivity index (χ3v) is 5.72. The van der Waals surface area contributed by atoms with Crippen LogP contribution < -0.4 is 10.9 Å². The maximum absolute atomic E-state index is 10.6. The van der Waals surface area contributed by atoms with E-state index in [1.165, 1.54) is 0 Å². The van der Waals surface area contributed by atoms with Gasteiger partial charge in [-0.05, 0) is 25.0 Å². The molecule has 0 saturated heterocycles. The Morgan fingerprint density at radius 2 is 1.29 bits per heavy atom. The molecule has 1 aromatic heterocycles. The zero-order valence-electron chi connectivity index (χ0n) is 20.0. The predicted molar refractivity (Wildman–Crippen MR) is 140 cm³/mol. The highest BCUT2D eigenvalue weighted by atomic mass is 16.5. The van der Waals surface area contributed by atoms with Gasteiger partial charge in [0, 0.05) is 17.5 Å². The number of benzene rings is 3. The van der Waals surface area contributed by atoms with Crippen LogP contribution in [0, 0.1) is 0 Å². The molecule has 0 atom stereocenters. The molecular weight excluding hydrogens is 438 g/mol. The molecule has 4 aromatic rings. The molecule has 0 aliphatic heterocycles. The summed E-state index contributed by atoms with van der Waals surface area (Å²) in [6.45, 7) is 0.561. The molecule has 0 fully saturated rings. The Morgan fingerprint density at radius 1 is 0.743 bits per heavy atom. The standard InChI is InChI=1S/C29H30N2O3.H3N/c32-26(33)21-13-2-1-3-14-22-34-29-30-27(23-15-7-4-8-16-23)28(24-17-9-5-10-18-24)31(29)25-19-11-6-12-20-25;/h4-12,15-20H,1-3,13-14,21-22H2,(H,32,33);1H3. The van der Waals surface area contributed by atoms with Gasteiger partial charge in [0.15, 0.2) is 0 Å². The summed E-state index contributed by atoms with van der Waals surface area (Å²) in [7, 11) is 0. The lowest BCUT2D eigenvalue weighted by Gasteiger charge is -2.13. The Morgan fingerprint density at radius 3 is 1.91 bits per heavy atom. The lowest BCUT2D eigenvalue weighted by atomic mass is 10.0. The van der Waals surface area contributed by atoms with Gasteiger partial charge in [0.05, 0.1) is 18.0 Å². The SMILES string of the molecule is N.O=C(O)CCCCCCCOc1nc(-c2ccccc2)c(-c2ccccc2)n1-c1ccccc1. The van der Waals surface area contributed by atoms with Crippen LogP contribution in [-0.2, 0) is 4.79 Å². The van der Waals surface area contributed by atoms with Crippen molar-refractivity contribution in [1.29, 1.82) is 0 Å². The fraction of sp³-hybridized carbons (Fsp3) is 0.241. The van der Waals surface area contributed by atoms with Crippen molar-refractivity contribution >= 4 is 5.97 Å². The van der Waals surface area contributed by atoms with Gasteiger partial charge in [-0.2, -0.15) is 4.98 Å². The van der Waals surface area contributed by atoms with Crippen molar-refractivity contribution in [3.05, 3.63) is 91.0 Å². The summed E-state index contributed by atoms with van der Waals surface area (Å²) in [6.07, 6.45) is 4.82. The first-order valence-electron chi connectivity index (χ1n) is 11.9. The van der Waals surface area contributed by atoms with Gasteiger partial charge >= 0.3 is 12.0 Å². The van der Waals surface area contributed by atoms with Gasteiger partial charge < -0.3 is 16.0 Å². The molecular formula is C29H33N3O3. The summed E-state index contributed by atoms with van der Waals surface area (Å²) in [4.78, 5) is 15.6. The van der Waals surface area contributed by atoms with E-state index in [1.807, 2.05) is 54.6 Å². The molecule has 0 unspecified atom stereocenters. The molecule has 0 aliphatic carbocycles. The lowest BCUT2D eigenvalue weighted by Crippen LogP contribution is -2.05. The van der Waals surface area contributed by atoms with E-state index in [4.69, 9.17) is 14.8 Å². The third kappa shape index (κ3) is 6.80. The quantitative estimate of drug-likeness (QED) is 0.213. The number of hydrogen-bond donors (Lipinski definition) is 2. The number of carboxylic acid groups (broad SMARTS) is 1. The van der Waals surface area contributed by atoms with E-state index < -0.39 is 5.97 Å². The van der Waals surface area contributed by atoms with Crippen molar-refractivity contribution in [2.45, 2.75) is 38.5 Å². The van der Waals surface area contributed by atoms with Gasteiger partial charge in [0.1, 0.15) is 5.69 Å². The highest BCUT2D eigenvalue weighted by Gasteiger charge is 2.22. The van der Waals surface area contributed by atoms with Crippen LogP contribution in [-0.4, -0.2) is 27.2 Å². The van der Waals surface area contributed by atoms with Crippen LogP contribution in [0.4, 0.5) is 0 Å². The van der Waals surface area contributed by atoms with E-state index in [1.54, 1.807) is 0 Å². The fourth-order valence-corrected chi connectivity index (χ4v) is 4.04. The maximum Gasteiger partial charge on any atom is 0.303 e. The molecule has 0 aliphatic rings. The van der Waals surface area contributed by atoms with Crippen LogP contribution in [0.3, 0.4) is 0 Å². The molecule has 3 aromatic carbocycles. The van der Waals surface area contributed by atoms with Crippen molar-refractivity contribution in [2.75, 3.05) is 6.61 Å². The molecule has 0 saturated carbocycles. The van der Waals surface area contributed by atoms with E-state index in [-0.39, 0.29) is 12.6 Å².